The number of carbonyl (C=O) groups is 3. The van der Waals surface area contributed by atoms with E-state index in [2.05, 4.69) is 5.43 Å². The van der Waals surface area contributed by atoms with E-state index >= 15 is 0 Å². The highest BCUT2D eigenvalue weighted by atomic mass is 16.6. The summed E-state index contributed by atoms with van der Waals surface area (Å²) < 4.78 is 5.03. The summed E-state index contributed by atoms with van der Waals surface area (Å²) in [4.78, 5) is 33.7. The number of rotatable bonds is 1. The van der Waals surface area contributed by atoms with E-state index in [1.54, 1.807) is 20.8 Å². The lowest BCUT2D eigenvalue weighted by Crippen LogP contribution is -2.55. The molecule has 0 aromatic rings. The van der Waals surface area contributed by atoms with Crippen LogP contribution in [0.25, 0.3) is 0 Å². The number of hydrogen-bond donors (Lipinski definition) is 2. The number of nitrogens with zero attached hydrogens (tertiary/aromatic N) is 1. The van der Waals surface area contributed by atoms with Crippen molar-refractivity contribution in [3.8, 4) is 0 Å². The highest BCUT2D eigenvalue weighted by Gasteiger charge is 2.34. The highest BCUT2D eigenvalue weighted by Crippen LogP contribution is 2.15. The van der Waals surface area contributed by atoms with Gasteiger partial charge in [0, 0.05) is 6.42 Å². The molecular weight excluding hydrogens is 228 g/mol. The van der Waals surface area contributed by atoms with Gasteiger partial charge in [-0.25, -0.2) is 9.80 Å². The summed E-state index contributed by atoms with van der Waals surface area (Å²) in [7, 11) is 0. The number of hydrogen-bond acceptors (Lipinski definition) is 4. The number of amides is 2. The Morgan fingerprint density at radius 3 is 2.53 bits per heavy atom. The molecule has 1 aliphatic heterocycles. The molecule has 0 bridgehead atoms. The molecule has 0 spiro atoms. The summed E-state index contributed by atoms with van der Waals surface area (Å²) >= 11 is 0. The lowest BCUT2D eigenvalue weighted by atomic mass is 10.0. The lowest BCUT2D eigenvalue weighted by molar-refractivity contribution is -0.149. The Labute approximate surface area is 98.7 Å². The van der Waals surface area contributed by atoms with Crippen molar-refractivity contribution in [2.45, 2.75) is 32.8 Å². The summed E-state index contributed by atoms with van der Waals surface area (Å²) in [6.07, 6.45) is -0.883. The van der Waals surface area contributed by atoms with Crippen LogP contribution in [-0.4, -0.2) is 40.2 Å². The largest absolute Gasteiger partial charge is 0.481 e. The summed E-state index contributed by atoms with van der Waals surface area (Å²) in [5.41, 5.74) is 1.58. The van der Waals surface area contributed by atoms with Crippen LogP contribution in [0.4, 0.5) is 4.79 Å². The van der Waals surface area contributed by atoms with Gasteiger partial charge >= 0.3 is 12.1 Å². The highest BCUT2D eigenvalue weighted by molar-refractivity contribution is 5.86. The van der Waals surface area contributed by atoms with Crippen molar-refractivity contribution >= 4 is 18.0 Å². The van der Waals surface area contributed by atoms with Crippen LogP contribution in [0.5, 0.6) is 0 Å². The zero-order valence-corrected chi connectivity index (χ0v) is 10.0. The molecule has 0 aromatic heterocycles. The first-order valence-corrected chi connectivity index (χ1v) is 5.22. The summed E-state index contributed by atoms with van der Waals surface area (Å²) in [6, 6.07) is 0. The number of carboxylic acid groups (broad SMARTS) is 1. The molecule has 1 aliphatic rings. The molecule has 0 aromatic carbocycles. The number of ether oxygens (including phenoxy) is 1. The van der Waals surface area contributed by atoms with Crippen LogP contribution < -0.4 is 5.43 Å². The first-order valence-electron chi connectivity index (χ1n) is 5.22. The molecule has 96 valence electrons. The molecule has 1 fully saturated rings. The fraction of sp³-hybridized carbons (Fsp3) is 0.700. The Balaban J connectivity index is 2.67. The normalized spacial score (nSPS) is 20.8. The summed E-state index contributed by atoms with van der Waals surface area (Å²) in [6.45, 7) is 4.97. The van der Waals surface area contributed by atoms with E-state index < -0.39 is 29.5 Å². The van der Waals surface area contributed by atoms with Gasteiger partial charge < -0.3 is 9.84 Å². The minimum absolute atomic E-state index is 0.0873. The topological polar surface area (TPSA) is 95.9 Å². The number of aliphatic carboxylic acids is 1. The molecule has 0 unspecified atom stereocenters. The quantitative estimate of drug-likeness (QED) is 0.694. The molecule has 1 rings (SSSR count). The van der Waals surface area contributed by atoms with Crippen LogP contribution in [0, 0.1) is 5.92 Å². The van der Waals surface area contributed by atoms with E-state index in [1.165, 1.54) is 0 Å². The molecule has 7 nitrogen and oxygen atoms in total. The third-order valence-electron chi connectivity index (χ3n) is 2.06. The third-order valence-corrected chi connectivity index (χ3v) is 2.06. The van der Waals surface area contributed by atoms with Crippen LogP contribution in [0.15, 0.2) is 0 Å². The smallest absolute Gasteiger partial charge is 0.429 e. The van der Waals surface area contributed by atoms with Crippen molar-refractivity contribution in [3.05, 3.63) is 0 Å². The molecule has 7 heteroatoms. The van der Waals surface area contributed by atoms with Gasteiger partial charge in [0.25, 0.3) is 0 Å². The number of hydrazine groups is 1. The van der Waals surface area contributed by atoms with E-state index in [9.17, 15) is 14.4 Å². The number of carbonyl (C=O) groups excluding carboxylic acids is 2. The fourth-order valence-corrected chi connectivity index (χ4v) is 1.35. The first-order chi connectivity index (χ1) is 7.69. The van der Waals surface area contributed by atoms with Gasteiger partial charge in [0.05, 0.1) is 12.5 Å². The monoisotopic (exact) mass is 244 g/mol. The average molecular weight is 244 g/mol. The Morgan fingerprint density at radius 1 is 1.47 bits per heavy atom. The molecule has 2 N–H and O–H groups in total. The molecule has 0 radical (unpaired) electrons. The molecule has 17 heavy (non-hydrogen) atoms. The molecule has 1 heterocycles. The van der Waals surface area contributed by atoms with Crippen LogP contribution in [0.2, 0.25) is 0 Å². The predicted octanol–water partition coefficient (Wildman–Crippen LogP) is 0.359. The van der Waals surface area contributed by atoms with Gasteiger partial charge in [-0.1, -0.05) is 0 Å². The molecular formula is C10H16N2O5. The van der Waals surface area contributed by atoms with Gasteiger partial charge in [-0.05, 0) is 20.8 Å². The standard InChI is InChI=1S/C10H16N2O5/c1-10(2,3)17-9(16)12-5-6(8(14)15)4-7(13)11-12/h6H,4-5H2,1-3H3,(H,11,13)(H,14,15)/t6-/m1/s1. The molecule has 1 saturated heterocycles. The van der Waals surface area contributed by atoms with Crippen LogP contribution in [-0.2, 0) is 14.3 Å². The second-order valence-electron chi connectivity index (χ2n) is 4.87. The van der Waals surface area contributed by atoms with E-state index in [-0.39, 0.29) is 13.0 Å². The first kappa shape index (κ1) is 13.3. The molecule has 0 aliphatic carbocycles. The Kier molecular flexibility index (Phi) is 3.59. The van der Waals surface area contributed by atoms with E-state index in [0.29, 0.717) is 0 Å². The zero-order chi connectivity index (χ0) is 13.2. The summed E-state index contributed by atoms with van der Waals surface area (Å²) in [5.74, 6) is -2.50. The maximum Gasteiger partial charge on any atom is 0.429 e. The van der Waals surface area contributed by atoms with Crippen LogP contribution >= 0.6 is 0 Å². The third kappa shape index (κ3) is 3.93. The zero-order valence-electron chi connectivity index (χ0n) is 10.0. The van der Waals surface area contributed by atoms with Gasteiger partial charge in [-0.3, -0.25) is 15.0 Å². The van der Waals surface area contributed by atoms with Crippen molar-refractivity contribution in [2.24, 2.45) is 5.92 Å². The second-order valence-corrected chi connectivity index (χ2v) is 4.87. The van der Waals surface area contributed by atoms with Gasteiger partial charge in [-0.15, -0.1) is 0 Å². The Morgan fingerprint density at radius 2 is 2.06 bits per heavy atom. The van der Waals surface area contributed by atoms with E-state index in [0.717, 1.165) is 5.01 Å². The van der Waals surface area contributed by atoms with Crippen molar-refractivity contribution in [3.63, 3.8) is 0 Å². The van der Waals surface area contributed by atoms with Gasteiger partial charge in [-0.2, -0.15) is 0 Å². The van der Waals surface area contributed by atoms with Crippen molar-refractivity contribution in [1.82, 2.24) is 10.4 Å². The number of carboxylic acids is 1. The Bertz CT molecular complexity index is 347. The van der Waals surface area contributed by atoms with Crippen molar-refractivity contribution in [2.75, 3.05) is 6.54 Å². The average Bonchev–Trinajstić information content (AvgIpc) is 2.13. The van der Waals surface area contributed by atoms with Crippen molar-refractivity contribution < 1.29 is 24.2 Å². The minimum atomic E-state index is -1.10. The summed E-state index contributed by atoms with van der Waals surface area (Å²) in [5, 5.41) is 9.73. The molecule has 0 saturated carbocycles. The fourth-order valence-electron chi connectivity index (χ4n) is 1.35. The van der Waals surface area contributed by atoms with Gasteiger partial charge in [0.1, 0.15) is 5.60 Å². The van der Waals surface area contributed by atoms with Crippen molar-refractivity contribution in [1.29, 1.82) is 0 Å². The molecule has 1 atom stereocenters. The van der Waals surface area contributed by atoms with Crippen LogP contribution in [0.3, 0.4) is 0 Å². The van der Waals surface area contributed by atoms with E-state index in [1.807, 2.05) is 0 Å². The van der Waals surface area contributed by atoms with E-state index in [4.69, 9.17) is 9.84 Å². The lowest BCUT2D eigenvalue weighted by Gasteiger charge is -2.32. The molecule has 2 amide bonds. The maximum absolute atomic E-state index is 11.6. The van der Waals surface area contributed by atoms with Crippen LogP contribution in [0.1, 0.15) is 27.2 Å². The second kappa shape index (κ2) is 4.60. The SMILES string of the molecule is CC(C)(C)OC(=O)N1C[C@H](C(=O)O)CC(=O)N1. The predicted molar refractivity (Wildman–Crippen MR) is 56.8 cm³/mol. The minimum Gasteiger partial charge on any atom is -0.481 e. The Hall–Kier alpha value is -1.79. The van der Waals surface area contributed by atoms with Gasteiger partial charge in [0.2, 0.25) is 5.91 Å². The number of nitrogens with one attached hydrogen (secondary N) is 1. The maximum atomic E-state index is 11.6. The van der Waals surface area contributed by atoms with Gasteiger partial charge in [0.15, 0.2) is 0 Å².